The van der Waals surface area contributed by atoms with Gasteiger partial charge in [0, 0.05) is 19.5 Å². The molecule has 1 N–H and O–H groups in total. The third kappa shape index (κ3) is 4.66. The summed E-state index contributed by atoms with van der Waals surface area (Å²) in [6.45, 7) is 6.57. The topological polar surface area (TPSA) is 32.3 Å². The lowest BCUT2D eigenvalue weighted by molar-refractivity contribution is -0.132. The molecule has 0 saturated carbocycles. The maximum Gasteiger partial charge on any atom is 0.222 e. The number of hydrogen-bond acceptors (Lipinski definition) is 2. The van der Waals surface area contributed by atoms with Gasteiger partial charge >= 0.3 is 0 Å². The first-order valence-corrected chi connectivity index (χ1v) is 7.15. The van der Waals surface area contributed by atoms with Gasteiger partial charge in [-0.1, -0.05) is 13.8 Å². The van der Waals surface area contributed by atoms with Gasteiger partial charge < -0.3 is 10.2 Å². The van der Waals surface area contributed by atoms with Gasteiger partial charge in [0.25, 0.3) is 0 Å². The normalized spacial score (nSPS) is 17.4. The molecule has 0 aromatic rings. The van der Waals surface area contributed by atoms with Gasteiger partial charge in [0.15, 0.2) is 0 Å². The number of nitrogens with zero attached hydrogens (tertiary/aromatic N) is 1. The van der Waals surface area contributed by atoms with Crippen LogP contribution < -0.4 is 5.32 Å². The minimum atomic E-state index is 0.331. The van der Waals surface area contributed by atoms with Gasteiger partial charge in [-0.25, -0.2) is 0 Å². The van der Waals surface area contributed by atoms with Gasteiger partial charge in [0.05, 0.1) is 0 Å². The van der Waals surface area contributed by atoms with Crippen molar-refractivity contribution in [3.05, 3.63) is 0 Å². The van der Waals surface area contributed by atoms with E-state index in [1.807, 2.05) is 11.9 Å². The Morgan fingerprint density at radius 1 is 1.29 bits per heavy atom. The Hall–Kier alpha value is -0.570. The lowest BCUT2D eigenvalue weighted by atomic mass is 9.93. The molecule has 1 amide bonds. The van der Waals surface area contributed by atoms with Crippen LogP contribution >= 0.6 is 0 Å². The van der Waals surface area contributed by atoms with Gasteiger partial charge in [-0.05, 0) is 51.1 Å². The highest BCUT2D eigenvalue weighted by Gasteiger charge is 2.19. The number of hydrogen-bond donors (Lipinski definition) is 1. The Bertz CT molecular complexity index is 220. The van der Waals surface area contributed by atoms with Crippen LogP contribution in [0.1, 0.15) is 52.4 Å². The quantitative estimate of drug-likeness (QED) is 0.773. The van der Waals surface area contributed by atoms with Crippen molar-refractivity contribution in [1.82, 2.24) is 10.2 Å². The van der Waals surface area contributed by atoms with E-state index in [4.69, 9.17) is 0 Å². The van der Waals surface area contributed by atoms with E-state index in [1.165, 1.54) is 12.8 Å². The highest BCUT2D eigenvalue weighted by molar-refractivity contribution is 5.76. The molecular weight excluding hydrogens is 212 g/mol. The van der Waals surface area contributed by atoms with Crippen molar-refractivity contribution in [2.75, 3.05) is 20.1 Å². The SMILES string of the molecule is CCC(CC)N(C)C(=O)CCC1CCNCC1. The molecule has 0 unspecified atom stereocenters. The molecule has 0 aromatic heterocycles. The van der Waals surface area contributed by atoms with Gasteiger partial charge in [-0.2, -0.15) is 0 Å². The van der Waals surface area contributed by atoms with Crippen molar-refractivity contribution in [1.29, 1.82) is 0 Å². The molecule has 1 aliphatic heterocycles. The summed E-state index contributed by atoms with van der Waals surface area (Å²) in [7, 11) is 1.96. The van der Waals surface area contributed by atoms with Crippen LogP contribution in [-0.4, -0.2) is 37.0 Å². The van der Waals surface area contributed by atoms with E-state index in [-0.39, 0.29) is 0 Å². The highest BCUT2D eigenvalue weighted by atomic mass is 16.2. The summed E-state index contributed by atoms with van der Waals surface area (Å²) in [4.78, 5) is 14.0. The highest BCUT2D eigenvalue weighted by Crippen LogP contribution is 2.19. The fourth-order valence-corrected chi connectivity index (χ4v) is 2.71. The first-order chi connectivity index (χ1) is 8.19. The van der Waals surface area contributed by atoms with Gasteiger partial charge in [-0.3, -0.25) is 4.79 Å². The third-order valence-corrected chi connectivity index (χ3v) is 4.11. The van der Waals surface area contributed by atoms with E-state index in [9.17, 15) is 4.79 Å². The Labute approximate surface area is 106 Å². The second kappa shape index (κ2) is 7.70. The molecule has 3 heteroatoms. The summed E-state index contributed by atoms with van der Waals surface area (Å²) in [5, 5.41) is 3.37. The van der Waals surface area contributed by atoms with Crippen LogP contribution in [-0.2, 0) is 4.79 Å². The Morgan fingerprint density at radius 3 is 2.41 bits per heavy atom. The maximum absolute atomic E-state index is 12.1. The second-order valence-corrected chi connectivity index (χ2v) is 5.21. The van der Waals surface area contributed by atoms with Gasteiger partial charge in [0.2, 0.25) is 5.91 Å². The molecule has 100 valence electrons. The molecule has 0 atom stereocenters. The van der Waals surface area contributed by atoms with Crippen LogP contribution in [0.5, 0.6) is 0 Å². The van der Waals surface area contributed by atoms with E-state index >= 15 is 0 Å². The molecule has 1 saturated heterocycles. The summed E-state index contributed by atoms with van der Waals surface area (Å²) in [5.74, 6) is 1.09. The summed E-state index contributed by atoms with van der Waals surface area (Å²) in [6.07, 6.45) is 6.41. The third-order valence-electron chi connectivity index (χ3n) is 4.11. The monoisotopic (exact) mass is 240 g/mol. The van der Waals surface area contributed by atoms with Crippen molar-refractivity contribution >= 4 is 5.91 Å². The number of amides is 1. The lowest BCUT2D eigenvalue weighted by Crippen LogP contribution is -2.36. The summed E-state index contributed by atoms with van der Waals surface area (Å²) in [5.41, 5.74) is 0. The van der Waals surface area contributed by atoms with Crippen LogP contribution in [0.2, 0.25) is 0 Å². The zero-order valence-corrected chi connectivity index (χ0v) is 11.7. The fourth-order valence-electron chi connectivity index (χ4n) is 2.71. The van der Waals surface area contributed by atoms with E-state index in [2.05, 4.69) is 19.2 Å². The molecular formula is C14H28N2O. The molecule has 0 radical (unpaired) electrons. The molecule has 17 heavy (non-hydrogen) atoms. The van der Waals surface area contributed by atoms with Crippen LogP contribution in [0.3, 0.4) is 0 Å². The zero-order valence-electron chi connectivity index (χ0n) is 11.7. The Morgan fingerprint density at radius 2 is 1.88 bits per heavy atom. The van der Waals surface area contributed by atoms with E-state index in [1.54, 1.807) is 0 Å². The summed E-state index contributed by atoms with van der Waals surface area (Å²) in [6, 6.07) is 0.426. The maximum atomic E-state index is 12.1. The number of nitrogens with one attached hydrogen (secondary N) is 1. The minimum absolute atomic E-state index is 0.331. The predicted molar refractivity (Wildman–Crippen MR) is 72.0 cm³/mol. The minimum Gasteiger partial charge on any atom is -0.343 e. The number of rotatable bonds is 6. The lowest BCUT2D eigenvalue weighted by Gasteiger charge is -2.28. The Kier molecular flexibility index (Phi) is 6.56. The molecule has 3 nitrogen and oxygen atoms in total. The van der Waals surface area contributed by atoms with Crippen molar-refractivity contribution in [3.8, 4) is 0 Å². The molecule has 0 bridgehead atoms. The zero-order chi connectivity index (χ0) is 12.7. The molecule has 1 heterocycles. The Balaban J connectivity index is 2.27. The average Bonchev–Trinajstić information content (AvgIpc) is 2.38. The molecule has 0 aliphatic carbocycles. The first kappa shape index (κ1) is 14.5. The molecule has 0 aromatic carbocycles. The van der Waals surface area contributed by atoms with Gasteiger partial charge in [0.1, 0.15) is 0 Å². The van der Waals surface area contributed by atoms with Crippen molar-refractivity contribution in [2.45, 2.75) is 58.4 Å². The van der Waals surface area contributed by atoms with E-state index < -0.39 is 0 Å². The summed E-state index contributed by atoms with van der Waals surface area (Å²) < 4.78 is 0. The molecule has 1 fully saturated rings. The van der Waals surface area contributed by atoms with Crippen LogP contribution in [0, 0.1) is 5.92 Å². The van der Waals surface area contributed by atoms with Crippen molar-refractivity contribution in [2.24, 2.45) is 5.92 Å². The van der Waals surface area contributed by atoms with Crippen LogP contribution in [0.25, 0.3) is 0 Å². The molecule has 0 spiro atoms. The molecule has 1 rings (SSSR count). The van der Waals surface area contributed by atoms with E-state index in [0.29, 0.717) is 11.9 Å². The predicted octanol–water partition coefficient (Wildman–Crippen LogP) is 2.41. The largest absolute Gasteiger partial charge is 0.343 e. The smallest absolute Gasteiger partial charge is 0.222 e. The standard InChI is InChI=1S/C14H28N2O/c1-4-13(5-2)16(3)14(17)7-6-12-8-10-15-11-9-12/h12-13,15H,4-11H2,1-3H3. The number of carbonyl (C=O) groups is 1. The van der Waals surface area contributed by atoms with Gasteiger partial charge in [-0.15, -0.1) is 0 Å². The first-order valence-electron chi connectivity index (χ1n) is 7.15. The van der Waals surface area contributed by atoms with Crippen LogP contribution in [0.4, 0.5) is 0 Å². The summed E-state index contributed by atoms with van der Waals surface area (Å²) >= 11 is 0. The van der Waals surface area contributed by atoms with Crippen LogP contribution in [0.15, 0.2) is 0 Å². The fraction of sp³-hybridized carbons (Fsp3) is 0.929. The number of piperidine rings is 1. The molecule has 1 aliphatic rings. The van der Waals surface area contributed by atoms with E-state index in [0.717, 1.165) is 44.7 Å². The van der Waals surface area contributed by atoms with Crippen molar-refractivity contribution in [3.63, 3.8) is 0 Å². The number of carbonyl (C=O) groups excluding carboxylic acids is 1. The second-order valence-electron chi connectivity index (χ2n) is 5.21. The average molecular weight is 240 g/mol. The van der Waals surface area contributed by atoms with Crippen molar-refractivity contribution < 1.29 is 4.79 Å².